The number of aliphatic hydroxyl groups excluding tert-OH is 1. The molecule has 59 heavy (non-hydrogen) atoms. The van der Waals surface area contributed by atoms with Gasteiger partial charge in [-0.3, -0.25) is 19.3 Å². The Labute approximate surface area is 350 Å². The monoisotopic (exact) mass is 829 g/mol. The van der Waals surface area contributed by atoms with E-state index in [0.717, 1.165) is 22.1 Å². The van der Waals surface area contributed by atoms with E-state index in [0.29, 0.717) is 39.9 Å². The molecule has 1 N–H and O–H groups in total. The van der Waals surface area contributed by atoms with Crippen LogP contribution in [0.1, 0.15) is 30.0 Å². The number of aliphatic hydroxyl groups is 1. The predicted octanol–water partition coefficient (Wildman–Crippen LogP) is 7.58. The lowest BCUT2D eigenvalue weighted by Gasteiger charge is -2.37. The van der Waals surface area contributed by atoms with E-state index in [1.807, 2.05) is 103 Å². The molecule has 4 atom stereocenters. The molecule has 1 saturated heterocycles. The first-order valence-corrected chi connectivity index (χ1v) is 23.4. The van der Waals surface area contributed by atoms with Gasteiger partial charge in [-0.25, -0.2) is 0 Å². The normalized spacial score (nSPS) is 21.0. The summed E-state index contributed by atoms with van der Waals surface area (Å²) < 4.78 is 18.5. The van der Waals surface area contributed by atoms with Crippen LogP contribution in [0.3, 0.4) is 0 Å². The summed E-state index contributed by atoms with van der Waals surface area (Å²) in [5.41, 5.74) is 2.81. The SMILES string of the molecule is COc1ccc([Si](C)(C)[C@@H]2[C@@H](CC(=O)N(CCO)Cc3ccccc3)O[C@]3(C(=O)N(Cc4cccc(N5C(=O)COc6ccccc65)c4)c4ccc(Cl)cc43)[C@H]2C)cc1. The van der Waals surface area contributed by atoms with Crippen LogP contribution in [0.4, 0.5) is 17.1 Å². The fourth-order valence-corrected chi connectivity index (χ4v) is 13.7. The minimum atomic E-state index is -2.57. The maximum Gasteiger partial charge on any atom is 0.269 e. The standard InChI is InChI=1S/C47H48ClN3O7Si/c1-31-45(59(3,4)37-20-18-36(56-2)19-21-37)42(27-43(53)49(23-24-52)28-32-11-6-5-7-12-32)58-47(31)38-26-34(48)17-22-39(38)50(46(47)55)29-33-13-10-14-35(25-33)51-40-15-8-9-16-41(40)57-30-44(51)54/h5-22,25-26,31,42,45,52H,23-24,27-30H2,1-4H3/t31-,42+,45-,47+/m0/s1. The van der Waals surface area contributed by atoms with Gasteiger partial charge in [0, 0.05) is 35.3 Å². The highest BCUT2D eigenvalue weighted by molar-refractivity contribution is 6.91. The lowest BCUT2D eigenvalue weighted by molar-refractivity contribution is -0.150. The van der Waals surface area contributed by atoms with Crippen molar-refractivity contribution in [3.63, 3.8) is 0 Å². The molecule has 3 amide bonds. The van der Waals surface area contributed by atoms with Crippen LogP contribution in [-0.2, 0) is 37.8 Å². The Morgan fingerprint density at radius 3 is 2.39 bits per heavy atom. The molecular weight excluding hydrogens is 782 g/mol. The summed E-state index contributed by atoms with van der Waals surface area (Å²) in [6.07, 6.45) is -0.610. The first-order chi connectivity index (χ1) is 28.5. The molecule has 5 aromatic carbocycles. The summed E-state index contributed by atoms with van der Waals surface area (Å²) in [4.78, 5) is 48.2. The number of halogens is 1. The maximum atomic E-state index is 15.5. The van der Waals surface area contributed by atoms with Crippen molar-refractivity contribution in [2.24, 2.45) is 5.92 Å². The van der Waals surface area contributed by atoms with E-state index in [9.17, 15) is 14.7 Å². The van der Waals surface area contributed by atoms with Crippen LogP contribution in [0.15, 0.2) is 121 Å². The van der Waals surface area contributed by atoms with Gasteiger partial charge < -0.3 is 29.1 Å². The number of hydrogen-bond donors (Lipinski definition) is 1. The van der Waals surface area contributed by atoms with E-state index in [4.69, 9.17) is 25.8 Å². The average molecular weight is 830 g/mol. The molecular formula is C47H48ClN3O7Si. The van der Waals surface area contributed by atoms with Crippen molar-refractivity contribution in [1.29, 1.82) is 0 Å². The number of nitrogens with zero attached hydrogens (tertiary/aromatic N) is 3. The molecule has 0 unspecified atom stereocenters. The first kappa shape index (κ1) is 40.3. The Balaban J connectivity index is 1.17. The van der Waals surface area contributed by atoms with Crippen molar-refractivity contribution in [3.05, 3.63) is 143 Å². The minimum absolute atomic E-state index is 0.0243. The van der Waals surface area contributed by atoms with Crippen LogP contribution >= 0.6 is 11.6 Å². The van der Waals surface area contributed by atoms with Crippen molar-refractivity contribution in [2.75, 3.05) is 36.7 Å². The van der Waals surface area contributed by atoms with Crippen LogP contribution in [0.25, 0.3) is 0 Å². The summed E-state index contributed by atoms with van der Waals surface area (Å²) in [5, 5.41) is 11.7. The Morgan fingerprint density at radius 1 is 0.915 bits per heavy atom. The second-order valence-corrected chi connectivity index (χ2v) is 21.2. The summed E-state index contributed by atoms with van der Waals surface area (Å²) in [7, 11) is -0.931. The average Bonchev–Trinajstić information content (AvgIpc) is 3.66. The smallest absolute Gasteiger partial charge is 0.269 e. The van der Waals surface area contributed by atoms with E-state index in [1.165, 1.54) is 0 Å². The topological polar surface area (TPSA) is 109 Å². The molecule has 304 valence electrons. The molecule has 0 saturated carbocycles. The number of benzene rings is 5. The lowest BCUT2D eigenvalue weighted by Crippen LogP contribution is -2.52. The number of hydrogen-bond acceptors (Lipinski definition) is 7. The Morgan fingerprint density at radius 2 is 1.64 bits per heavy atom. The molecule has 0 aliphatic carbocycles. The lowest BCUT2D eigenvalue weighted by atomic mass is 9.82. The van der Waals surface area contributed by atoms with E-state index in [-0.39, 0.29) is 61.9 Å². The summed E-state index contributed by atoms with van der Waals surface area (Å²) in [6.45, 7) is 7.07. The van der Waals surface area contributed by atoms with Gasteiger partial charge in [-0.2, -0.15) is 0 Å². The second-order valence-electron chi connectivity index (χ2n) is 16.1. The first-order valence-electron chi connectivity index (χ1n) is 20.0. The zero-order chi connectivity index (χ0) is 41.5. The van der Waals surface area contributed by atoms with Gasteiger partial charge >= 0.3 is 0 Å². The van der Waals surface area contributed by atoms with E-state index in [1.54, 1.807) is 27.9 Å². The number of methoxy groups -OCH3 is 1. The molecule has 3 heterocycles. The Kier molecular flexibility index (Phi) is 11.1. The van der Waals surface area contributed by atoms with Gasteiger partial charge in [0.2, 0.25) is 5.91 Å². The molecule has 5 aromatic rings. The summed E-state index contributed by atoms with van der Waals surface area (Å²) in [6, 6.07) is 38.4. The molecule has 10 nitrogen and oxygen atoms in total. The van der Waals surface area contributed by atoms with Crippen molar-refractivity contribution in [1.82, 2.24) is 4.90 Å². The highest BCUT2D eigenvalue weighted by Gasteiger charge is 2.66. The number of para-hydroxylation sites is 2. The third kappa shape index (κ3) is 7.30. The molecule has 1 spiro atoms. The molecule has 12 heteroatoms. The van der Waals surface area contributed by atoms with Crippen LogP contribution < -0.4 is 24.5 Å². The van der Waals surface area contributed by atoms with Crippen molar-refractivity contribution in [3.8, 4) is 11.5 Å². The van der Waals surface area contributed by atoms with Crippen molar-refractivity contribution in [2.45, 2.75) is 56.8 Å². The number of rotatable bonds is 12. The zero-order valence-corrected chi connectivity index (χ0v) is 35.4. The highest BCUT2D eigenvalue weighted by atomic mass is 35.5. The van der Waals surface area contributed by atoms with Crippen molar-refractivity contribution >= 4 is 59.6 Å². The molecule has 0 aromatic heterocycles. The summed E-state index contributed by atoms with van der Waals surface area (Å²) >= 11 is 6.75. The third-order valence-electron chi connectivity index (χ3n) is 12.3. The van der Waals surface area contributed by atoms with E-state index >= 15 is 4.79 Å². The Bertz CT molecular complexity index is 2380. The van der Waals surface area contributed by atoms with Gasteiger partial charge in [-0.05, 0) is 71.3 Å². The minimum Gasteiger partial charge on any atom is -0.497 e. The third-order valence-corrected chi connectivity index (χ3v) is 16.9. The van der Waals surface area contributed by atoms with Gasteiger partial charge in [-0.15, -0.1) is 0 Å². The summed E-state index contributed by atoms with van der Waals surface area (Å²) in [5.74, 6) is 0.419. The largest absolute Gasteiger partial charge is 0.497 e. The Hall–Kier alpha value is -5.46. The molecule has 3 aliphatic heterocycles. The van der Waals surface area contributed by atoms with Gasteiger partial charge in [0.15, 0.2) is 12.2 Å². The molecule has 8 rings (SSSR count). The van der Waals surface area contributed by atoms with Gasteiger partial charge in [0.05, 0.1) is 52.2 Å². The number of ether oxygens (including phenoxy) is 3. The van der Waals surface area contributed by atoms with E-state index < -0.39 is 19.8 Å². The van der Waals surface area contributed by atoms with Crippen LogP contribution in [0.2, 0.25) is 23.7 Å². The number of amides is 3. The fraction of sp³-hybridized carbons (Fsp3) is 0.298. The van der Waals surface area contributed by atoms with Crippen LogP contribution in [0, 0.1) is 5.92 Å². The number of carbonyl (C=O) groups excluding carboxylic acids is 3. The predicted molar refractivity (Wildman–Crippen MR) is 231 cm³/mol. The quantitative estimate of drug-likeness (QED) is 0.129. The molecule has 0 radical (unpaired) electrons. The second kappa shape index (κ2) is 16.3. The number of anilines is 3. The highest BCUT2D eigenvalue weighted by Crippen LogP contribution is 2.60. The van der Waals surface area contributed by atoms with Gasteiger partial charge in [0.1, 0.15) is 11.5 Å². The van der Waals surface area contributed by atoms with E-state index in [2.05, 4.69) is 32.2 Å². The van der Waals surface area contributed by atoms with Gasteiger partial charge in [-0.1, -0.05) is 104 Å². The van der Waals surface area contributed by atoms with Crippen LogP contribution in [0.5, 0.6) is 11.5 Å². The van der Waals surface area contributed by atoms with Gasteiger partial charge in [0.25, 0.3) is 11.8 Å². The van der Waals surface area contributed by atoms with Crippen molar-refractivity contribution < 1.29 is 33.7 Å². The maximum absolute atomic E-state index is 15.5. The van der Waals surface area contributed by atoms with Crippen LogP contribution in [-0.4, -0.2) is 68.8 Å². The molecule has 3 aliphatic rings. The zero-order valence-electron chi connectivity index (χ0n) is 33.6. The number of fused-ring (bicyclic) bond motifs is 3. The molecule has 1 fully saturated rings. The molecule has 0 bridgehead atoms. The number of carbonyl (C=O) groups is 3. The fourth-order valence-electron chi connectivity index (χ4n) is 9.52.